The van der Waals surface area contributed by atoms with Crippen LogP contribution in [0.3, 0.4) is 0 Å². The number of carbonyl (C=O) groups is 2. The summed E-state index contributed by atoms with van der Waals surface area (Å²) in [5.74, 6) is -0.244. The summed E-state index contributed by atoms with van der Waals surface area (Å²) < 4.78 is 0. The lowest BCUT2D eigenvalue weighted by Crippen LogP contribution is -2.45. The summed E-state index contributed by atoms with van der Waals surface area (Å²) in [7, 11) is 0. The summed E-state index contributed by atoms with van der Waals surface area (Å²) in [6.45, 7) is 2.94. The Balaban J connectivity index is 1.82. The maximum atomic E-state index is 12.8. The molecule has 24 heavy (non-hydrogen) atoms. The van der Waals surface area contributed by atoms with Crippen LogP contribution in [-0.2, 0) is 4.79 Å². The van der Waals surface area contributed by atoms with Gasteiger partial charge in [0.1, 0.15) is 11.2 Å². The van der Waals surface area contributed by atoms with Crippen LogP contribution in [0, 0.1) is 0 Å². The molecule has 2 aromatic rings. The predicted molar refractivity (Wildman–Crippen MR) is 93.2 cm³/mol. The van der Waals surface area contributed by atoms with E-state index in [1.54, 1.807) is 15.9 Å². The molecule has 0 radical (unpaired) electrons. The van der Waals surface area contributed by atoms with Crippen molar-refractivity contribution in [2.45, 2.75) is 19.4 Å². The predicted octanol–water partition coefficient (Wildman–Crippen LogP) is 3.00. The Morgan fingerprint density at radius 2 is 2.08 bits per heavy atom. The molecule has 2 heterocycles. The first-order chi connectivity index (χ1) is 11.6. The fraction of sp³-hybridized carbons (Fsp3) is 0.278. The van der Waals surface area contributed by atoms with Crippen LogP contribution in [-0.4, -0.2) is 40.8 Å². The van der Waals surface area contributed by atoms with Crippen LogP contribution < -0.4 is 4.90 Å². The van der Waals surface area contributed by atoms with Crippen molar-refractivity contribution >= 4 is 29.1 Å². The molecule has 0 spiro atoms. The first kappa shape index (κ1) is 16.5. The van der Waals surface area contributed by atoms with Crippen molar-refractivity contribution in [3.63, 3.8) is 0 Å². The molecule has 0 N–H and O–H groups in total. The van der Waals surface area contributed by atoms with Gasteiger partial charge in [0, 0.05) is 30.5 Å². The maximum absolute atomic E-state index is 12.8. The van der Waals surface area contributed by atoms with Crippen LogP contribution in [0.2, 0.25) is 5.15 Å². The van der Waals surface area contributed by atoms with E-state index in [4.69, 9.17) is 11.6 Å². The van der Waals surface area contributed by atoms with Gasteiger partial charge < -0.3 is 9.80 Å². The Morgan fingerprint density at radius 1 is 1.33 bits per heavy atom. The number of pyridine rings is 1. The van der Waals surface area contributed by atoms with E-state index >= 15 is 0 Å². The lowest BCUT2D eigenvalue weighted by atomic mass is 10.1. The van der Waals surface area contributed by atoms with Gasteiger partial charge in [-0.25, -0.2) is 4.98 Å². The number of benzene rings is 1. The van der Waals surface area contributed by atoms with E-state index in [1.165, 1.54) is 12.3 Å². The normalized spacial score (nSPS) is 17.2. The molecule has 1 saturated heterocycles. The summed E-state index contributed by atoms with van der Waals surface area (Å²) in [4.78, 5) is 32.8. The van der Waals surface area contributed by atoms with Crippen molar-refractivity contribution in [3.8, 4) is 0 Å². The highest BCUT2D eigenvalue weighted by molar-refractivity contribution is 6.29. The Kier molecular flexibility index (Phi) is 4.81. The van der Waals surface area contributed by atoms with E-state index in [0.717, 1.165) is 5.69 Å². The molecule has 0 bridgehead atoms. The molecule has 1 aromatic carbocycles. The molecule has 1 unspecified atom stereocenters. The molecule has 1 atom stereocenters. The molecule has 5 nitrogen and oxygen atoms in total. The molecule has 1 aromatic heterocycles. The summed E-state index contributed by atoms with van der Waals surface area (Å²) >= 11 is 5.87. The van der Waals surface area contributed by atoms with Gasteiger partial charge in [0.05, 0.1) is 0 Å². The number of likely N-dealkylation sites (N-methyl/N-ethyl adjacent to an activating group) is 1. The number of carbonyl (C=O) groups excluding carboxylic acids is 2. The third kappa shape index (κ3) is 3.12. The van der Waals surface area contributed by atoms with Crippen molar-refractivity contribution < 1.29 is 9.59 Å². The number of amides is 2. The summed E-state index contributed by atoms with van der Waals surface area (Å²) in [6, 6.07) is 12.2. The molecule has 0 saturated carbocycles. The number of para-hydroxylation sites is 1. The number of nitrogens with zero attached hydrogens (tertiary/aromatic N) is 3. The zero-order valence-electron chi connectivity index (χ0n) is 13.4. The Labute approximate surface area is 145 Å². The van der Waals surface area contributed by atoms with Crippen molar-refractivity contribution in [1.82, 2.24) is 9.88 Å². The van der Waals surface area contributed by atoms with Crippen LogP contribution in [0.1, 0.15) is 23.7 Å². The lowest BCUT2D eigenvalue weighted by Gasteiger charge is -2.27. The third-order valence-corrected chi connectivity index (χ3v) is 4.40. The minimum Gasteiger partial charge on any atom is -0.327 e. The van der Waals surface area contributed by atoms with Gasteiger partial charge in [-0.3, -0.25) is 9.59 Å². The van der Waals surface area contributed by atoms with Gasteiger partial charge >= 0.3 is 0 Å². The highest BCUT2D eigenvalue weighted by atomic mass is 35.5. The van der Waals surface area contributed by atoms with E-state index < -0.39 is 6.04 Å². The van der Waals surface area contributed by atoms with Gasteiger partial charge in [-0.1, -0.05) is 29.8 Å². The third-order valence-electron chi connectivity index (χ3n) is 4.20. The van der Waals surface area contributed by atoms with Gasteiger partial charge in [0.25, 0.3) is 5.91 Å². The molecule has 1 aliphatic rings. The number of rotatable bonds is 4. The van der Waals surface area contributed by atoms with Crippen LogP contribution in [0.25, 0.3) is 0 Å². The zero-order chi connectivity index (χ0) is 17.1. The molecule has 3 rings (SSSR count). The molecule has 2 amide bonds. The van der Waals surface area contributed by atoms with Gasteiger partial charge in [-0.05, 0) is 37.6 Å². The minimum absolute atomic E-state index is 0.0449. The maximum Gasteiger partial charge on any atom is 0.254 e. The van der Waals surface area contributed by atoms with E-state index in [1.807, 2.05) is 37.3 Å². The number of hydrogen-bond donors (Lipinski definition) is 0. The van der Waals surface area contributed by atoms with Gasteiger partial charge in [-0.15, -0.1) is 0 Å². The van der Waals surface area contributed by atoms with E-state index in [9.17, 15) is 9.59 Å². The zero-order valence-corrected chi connectivity index (χ0v) is 14.1. The van der Waals surface area contributed by atoms with Crippen LogP contribution >= 0.6 is 11.6 Å². The second-order valence-electron chi connectivity index (χ2n) is 5.59. The second kappa shape index (κ2) is 7.01. The fourth-order valence-electron chi connectivity index (χ4n) is 3.03. The monoisotopic (exact) mass is 343 g/mol. The molecule has 1 fully saturated rings. The van der Waals surface area contributed by atoms with E-state index in [2.05, 4.69) is 4.98 Å². The van der Waals surface area contributed by atoms with Crippen LogP contribution in [0.15, 0.2) is 48.7 Å². The van der Waals surface area contributed by atoms with E-state index in [-0.39, 0.29) is 17.0 Å². The average molecular weight is 344 g/mol. The molecular weight excluding hydrogens is 326 g/mol. The molecule has 0 aliphatic carbocycles. The van der Waals surface area contributed by atoms with Crippen molar-refractivity contribution in [2.75, 3.05) is 18.0 Å². The Bertz CT molecular complexity index is 751. The van der Waals surface area contributed by atoms with Crippen LogP contribution in [0.5, 0.6) is 0 Å². The molecule has 124 valence electrons. The minimum atomic E-state index is -0.449. The largest absolute Gasteiger partial charge is 0.327 e. The summed E-state index contributed by atoms with van der Waals surface area (Å²) in [5, 5.41) is 0.264. The first-order valence-corrected chi connectivity index (χ1v) is 8.28. The topological polar surface area (TPSA) is 53.5 Å². The lowest BCUT2D eigenvalue weighted by molar-refractivity contribution is -0.120. The number of anilines is 1. The highest BCUT2D eigenvalue weighted by Gasteiger charge is 2.38. The number of aromatic nitrogens is 1. The van der Waals surface area contributed by atoms with Crippen molar-refractivity contribution in [2.24, 2.45) is 0 Å². The van der Waals surface area contributed by atoms with Crippen molar-refractivity contribution in [1.29, 1.82) is 0 Å². The van der Waals surface area contributed by atoms with Gasteiger partial charge in [-0.2, -0.15) is 0 Å². The fourth-order valence-corrected chi connectivity index (χ4v) is 3.20. The number of halogens is 1. The average Bonchev–Trinajstić information content (AvgIpc) is 2.98. The Hall–Kier alpha value is -2.40. The Morgan fingerprint density at radius 3 is 2.75 bits per heavy atom. The number of hydrogen-bond acceptors (Lipinski definition) is 3. The highest BCUT2D eigenvalue weighted by Crippen LogP contribution is 2.25. The van der Waals surface area contributed by atoms with Gasteiger partial charge in [0.2, 0.25) is 5.91 Å². The standard InChI is InChI=1S/C18H18ClN3O2/c1-2-21(17(23)13-8-10-20-16(19)12-13)15-9-11-22(18(15)24)14-6-4-3-5-7-14/h3-8,10,12,15H,2,9,11H2,1H3. The molecular formula is C18H18ClN3O2. The quantitative estimate of drug-likeness (QED) is 0.802. The smallest absolute Gasteiger partial charge is 0.254 e. The summed E-state index contributed by atoms with van der Waals surface area (Å²) in [5.41, 5.74) is 1.31. The van der Waals surface area contributed by atoms with Gasteiger partial charge in [0.15, 0.2) is 0 Å². The second-order valence-corrected chi connectivity index (χ2v) is 5.98. The molecule has 6 heteroatoms. The summed E-state index contributed by atoms with van der Waals surface area (Å²) in [6.07, 6.45) is 2.11. The van der Waals surface area contributed by atoms with Crippen LogP contribution in [0.4, 0.5) is 5.69 Å². The molecule has 1 aliphatic heterocycles. The first-order valence-electron chi connectivity index (χ1n) is 7.90. The van der Waals surface area contributed by atoms with Crippen molar-refractivity contribution in [3.05, 3.63) is 59.4 Å². The SMILES string of the molecule is CCN(C(=O)c1ccnc(Cl)c1)C1CCN(c2ccccc2)C1=O. The van der Waals surface area contributed by atoms with E-state index in [0.29, 0.717) is 25.1 Å².